The van der Waals surface area contributed by atoms with Gasteiger partial charge in [0.05, 0.1) is 18.4 Å². The predicted octanol–water partition coefficient (Wildman–Crippen LogP) is 1.31. The number of hydrogen-bond donors (Lipinski definition) is 2. The zero-order valence-electron chi connectivity index (χ0n) is 8.13. The highest BCUT2D eigenvalue weighted by Crippen LogP contribution is 2.22. The molecule has 1 amide bonds. The van der Waals surface area contributed by atoms with E-state index in [0.717, 1.165) is 12.1 Å². The van der Waals surface area contributed by atoms with Crippen molar-refractivity contribution < 1.29 is 18.7 Å². The van der Waals surface area contributed by atoms with Crippen molar-refractivity contribution in [1.29, 1.82) is 5.26 Å². The highest BCUT2D eigenvalue weighted by atomic mass is 19.2. The van der Waals surface area contributed by atoms with E-state index >= 15 is 0 Å². The van der Waals surface area contributed by atoms with Gasteiger partial charge in [-0.15, -0.1) is 0 Å². The number of rotatable bonds is 3. The van der Waals surface area contributed by atoms with Crippen molar-refractivity contribution in [3.8, 4) is 6.07 Å². The summed E-state index contributed by atoms with van der Waals surface area (Å²) in [6.07, 6.45) is -0.471. The van der Waals surface area contributed by atoms with Crippen molar-refractivity contribution in [3.05, 3.63) is 29.3 Å². The molecule has 0 aliphatic heterocycles. The fourth-order valence-electron chi connectivity index (χ4n) is 1.11. The molecule has 0 atom stereocenters. The van der Waals surface area contributed by atoms with Gasteiger partial charge in [-0.25, -0.2) is 8.78 Å². The minimum Gasteiger partial charge on any atom is -0.392 e. The quantitative estimate of drug-likeness (QED) is 0.816. The molecule has 0 aliphatic carbocycles. The summed E-state index contributed by atoms with van der Waals surface area (Å²) in [6.45, 7) is -0.542. The third-order valence-electron chi connectivity index (χ3n) is 1.86. The van der Waals surface area contributed by atoms with Gasteiger partial charge in [-0.05, 0) is 6.07 Å². The third kappa shape index (κ3) is 2.52. The molecule has 0 saturated carbocycles. The molecule has 1 aromatic rings. The van der Waals surface area contributed by atoms with Crippen LogP contribution in [0.15, 0.2) is 12.1 Å². The van der Waals surface area contributed by atoms with Gasteiger partial charge in [0.1, 0.15) is 6.42 Å². The van der Waals surface area contributed by atoms with Crippen LogP contribution in [0.1, 0.15) is 12.0 Å². The second-order valence-electron chi connectivity index (χ2n) is 2.94. The topological polar surface area (TPSA) is 73.1 Å². The van der Waals surface area contributed by atoms with Crippen LogP contribution in [0.2, 0.25) is 0 Å². The lowest BCUT2D eigenvalue weighted by Gasteiger charge is -2.09. The van der Waals surface area contributed by atoms with Gasteiger partial charge >= 0.3 is 0 Å². The van der Waals surface area contributed by atoms with E-state index in [9.17, 15) is 13.6 Å². The number of nitrogens with one attached hydrogen (secondary N) is 1. The van der Waals surface area contributed by atoms with Crippen LogP contribution in [0.4, 0.5) is 14.5 Å². The standard InChI is InChI=1S/C10H8F2N2O2/c11-7-2-1-6(5-15)10(9(7)12)14-8(16)3-4-13/h1-2,15H,3,5H2,(H,14,16). The number of nitriles is 1. The lowest BCUT2D eigenvalue weighted by atomic mass is 10.1. The molecule has 0 fully saturated rings. The number of nitrogens with zero attached hydrogens (tertiary/aromatic N) is 1. The maximum atomic E-state index is 13.3. The van der Waals surface area contributed by atoms with E-state index in [1.807, 2.05) is 5.32 Å². The van der Waals surface area contributed by atoms with Gasteiger partial charge < -0.3 is 10.4 Å². The number of amides is 1. The summed E-state index contributed by atoms with van der Waals surface area (Å²) >= 11 is 0. The first kappa shape index (κ1) is 12.1. The molecule has 0 radical (unpaired) electrons. The number of aliphatic hydroxyl groups is 1. The Bertz CT molecular complexity index is 455. The summed E-state index contributed by atoms with van der Waals surface area (Å²) in [4.78, 5) is 11.0. The summed E-state index contributed by atoms with van der Waals surface area (Å²) in [6, 6.07) is 3.57. The van der Waals surface area contributed by atoms with Gasteiger partial charge in [0.25, 0.3) is 0 Å². The number of anilines is 1. The molecule has 0 heterocycles. The van der Waals surface area contributed by atoms with Crippen molar-refractivity contribution in [3.63, 3.8) is 0 Å². The van der Waals surface area contributed by atoms with E-state index in [-0.39, 0.29) is 5.56 Å². The molecule has 0 aromatic heterocycles. The SMILES string of the molecule is N#CCC(=O)Nc1c(CO)ccc(F)c1F. The zero-order chi connectivity index (χ0) is 12.1. The van der Waals surface area contributed by atoms with E-state index in [0.29, 0.717) is 0 Å². The Hall–Kier alpha value is -2.00. The van der Waals surface area contributed by atoms with Gasteiger partial charge in [-0.3, -0.25) is 4.79 Å². The Morgan fingerprint density at radius 2 is 2.19 bits per heavy atom. The molecule has 1 rings (SSSR count). The second-order valence-corrected chi connectivity index (χ2v) is 2.94. The average molecular weight is 226 g/mol. The molecule has 6 heteroatoms. The number of aliphatic hydroxyl groups excluding tert-OH is 1. The van der Waals surface area contributed by atoms with Crippen molar-refractivity contribution in [2.24, 2.45) is 0 Å². The number of carbonyl (C=O) groups is 1. The third-order valence-corrected chi connectivity index (χ3v) is 1.86. The van der Waals surface area contributed by atoms with Gasteiger partial charge in [0.2, 0.25) is 5.91 Å². The summed E-state index contributed by atoms with van der Waals surface area (Å²) in [5.41, 5.74) is -0.382. The molecule has 0 aliphatic rings. The molecule has 0 bridgehead atoms. The zero-order valence-corrected chi connectivity index (χ0v) is 8.13. The molecule has 1 aromatic carbocycles. The van der Waals surface area contributed by atoms with Crippen molar-refractivity contribution in [2.45, 2.75) is 13.0 Å². The van der Waals surface area contributed by atoms with Gasteiger partial charge in [0.15, 0.2) is 11.6 Å². The number of halogens is 2. The smallest absolute Gasteiger partial charge is 0.238 e. The van der Waals surface area contributed by atoms with E-state index in [2.05, 4.69) is 0 Å². The number of hydrogen-bond acceptors (Lipinski definition) is 3. The molecule has 16 heavy (non-hydrogen) atoms. The molecule has 2 N–H and O–H groups in total. The summed E-state index contributed by atoms with van der Waals surface area (Å²) < 4.78 is 26.1. The molecule has 84 valence electrons. The normalized spacial score (nSPS) is 9.62. The first-order valence-corrected chi connectivity index (χ1v) is 4.34. The maximum absolute atomic E-state index is 13.3. The fraction of sp³-hybridized carbons (Fsp3) is 0.200. The average Bonchev–Trinajstić information content (AvgIpc) is 2.25. The highest BCUT2D eigenvalue weighted by Gasteiger charge is 2.15. The Balaban J connectivity index is 3.06. The summed E-state index contributed by atoms with van der Waals surface area (Å²) in [5, 5.41) is 19.1. The molecule has 0 unspecified atom stereocenters. The lowest BCUT2D eigenvalue weighted by Crippen LogP contribution is -2.14. The Kier molecular flexibility index (Phi) is 3.91. The van der Waals surface area contributed by atoms with Crippen LogP contribution in [-0.2, 0) is 11.4 Å². The number of carbonyl (C=O) groups excluding carboxylic acids is 1. The Morgan fingerprint density at radius 3 is 2.75 bits per heavy atom. The summed E-state index contributed by atoms with van der Waals surface area (Å²) in [7, 11) is 0. The Morgan fingerprint density at radius 1 is 1.50 bits per heavy atom. The van der Waals surface area contributed by atoms with Crippen LogP contribution in [-0.4, -0.2) is 11.0 Å². The van der Waals surface area contributed by atoms with E-state index in [1.54, 1.807) is 6.07 Å². The van der Waals surface area contributed by atoms with Crippen molar-refractivity contribution >= 4 is 11.6 Å². The van der Waals surface area contributed by atoms with Gasteiger partial charge in [0, 0.05) is 5.56 Å². The first-order valence-electron chi connectivity index (χ1n) is 4.34. The van der Waals surface area contributed by atoms with Crippen LogP contribution in [0.5, 0.6) is 0 Å². The van der Waals surface area contributed by atoms with Crippen molar-refractivity contribution in [2.75, 3.05) is 5.32 Å². The second kappa shape index (κ2) is 5.19. The lowest BCUT2D eigenvalue weighted by molar-refractivity contribution is -0.115. The molecule has 0 spiro atoms. The molecular weight excluding hydrogens is 218 g/mol. The van der Waals surface area contributed by atoms with E-state index in [1.165, 1.54) is 0 Å². The molecular formula is C10H8F2N2O2. The van der Waals surface area contributed by atoms with Crippen LogP contribution in [0.3, 0.4) is 0 Å². The Labute approximate surface area is 90.1 Å². The van der Waals surface area contributed by atoms with Gasteiger partial charge in [-0.2, -0.15) is 5.26 Å². The first-order chi connectivity index (χ1) is 7.60. The number of benzene rings is 1. The predicted molar refractivity (Wildman–Crippen MR) is 51.1 cm³/mol. The van der Waals surface area contributed by atoms with Gasteiger partial charge in [-0.1, -0.05) is 6.07 Å². The maximum Gasteiger partial charge on any atom is 0.238 e. The molecule has 0 saturated heterocycles. The van der Waals surface area contributed by atoms with Crippen LogP contribution in [0, 0.1) is 23.0 Å². The van der Waals surface area contributed by atoms with E-state index in [4.69, 9.17) is 10.4 Å². The largest absolute Gasteiger partial charge is 0.392 e. The minimum atomic E-state index is -1.25. The monoisotopic (exact) mass is 226 g/mol. The highest BCUT2D eigenvalue weighted by molar-refractivity contribution is 5.92. The van der Waals surface area contributed by atoms with Crippen LogP contribution < -0.4 is 5.32 Å². The van der Waals surface area contributed by atoms with Crippen LogP contribution >= 0.6 is 0 Å². The van der Waals surface area contributed by atoms with E-state index < -0.39 is 36.3 Å². The summed E-state index contributed by atoms with van der Waals surface area (Å²) in [5.74, 6) is -3.15. The minimum absolute atomic E-state index is 0.0465. The molecule has 4 nitrogen and oxygen atoms in total. The van der Waals surface area contributed by atoms with Crippen LogP contribution in [0.25, 0.3) is 0 Å². The fourth-order valence-corrected chi connectivity index (χ4v) is 1.11. The van der Waals surface area contributed by atoms with Crippen molar-refractivity contribution in [1.82, 2.24) is 0 Å².